The maximum atomic E-state index is 9.01. The number of aryl methyl sites for hydroxylation is 1. The van der Waals surface area contributed by atoms with Gasteiger partial charge in [0.25, 0.3) is 0 Å². The number of imidazole rings is 1. The molecule has 0 fully saturated rings. The van der Waals surface area contributed by atoms with Gasteiger partial charge in [-0.3, -0.25) is 0 Å². The Hall–Kier alpha value is -3.27. The van der Waals surface area contributed by atoms with Crippen molar-refractivity contribution < 1.29 is 0 Å². The fraction of sp³-hybridized carbons (Fsp3) is 0.0667. The molecular formula is C15H9ClN6. The number of rotatable bonds is 3. The van der Waals surface area contributed by atoms with Crippen molar-refractivity contribution >= 4 is 17.3 Å². The van der Waals surface area contributed by atoms with Crippen LogP contribution in [-0.4, -0.2) is 9.55 Å². The lowest BCUT2D eigenvalue weighted by Gasteiger charge is -2.10. The number of allylic oxidation sites excluding steroid dienone is 2. The highest BCUT2D eigenvalue weighted by molar-refractivity contribution is 6.32. The molecule has 0 saturated heterocycles. The number of halogens is 1. The molecule has 0 spiro atoms. The number of nitrogens with one attached hydrogen (secondary N) is 1. The first kappa shape index (κ1) is 15.1. The van der Waals surface area contributed by atoms with E-state index in [9.17, 15) is 0 Å². The van der Waals surface area contributed by atoms with E-state index in [0.29, 0.717) is 10.7 Å². The monoisotopic (exact) mass is 308 g/mol. The van der Waals surface area contributed by atoms with Gasteiger partial charge in [-0.15, -0.1) is 0 Å². The fourth-order valence-corrected chi connectivity index (χ4v) is 2.11. The predicted octanol–water partition coefficient (Wildman–Crippen LogP) is 3.07. The van der Waals surface area contributed by atoms with Crippen LogP contribution in [0.2, 0.25) is 5.02 Å². The van der Waals surface area contributed by atoms with Crippen molar-refractivity contribution in [3.63, 3.8) is 0 Å². The highest BCUT2D eigenvalue weighted by atomic mass is 35.5. The summed E-state index contributed by atoms with van der Waals surface area (Å²) < 4.78 is 1.82. The number of hydrogen-bond donors (Lipinski definition) is 1. The standard InChI is InChI=1S/C15H9ClN6/c1-10-20-4-5-22(10)15-3-2-12(6-13(15)16)21-14(9-19)11(7-17)8-18/h2-6,21H,1H3. The van der Waals surface area contributed by atoms with Crippen LogP contribution in [0.4, 0.5) is 5.69 Å². The minimum Gasteiger partial charge on any atom is -0.345 e. The van der Waals surface area contributed by atoms with Crippen LogP contribution in [0.15, 0.2) is 41.9 Å². The van der Waals surface area contributed by atoms with E-state index in [1.54, 1.807) is 48.8 Å². The Bertz CT molecular complexity index is 857. The molecule has 0 aliphatic rings. The zero-order valence-electron chi connectivity index (χ0n) is 11.5. The lowest BCUT2D eigenvalue weighted by Crippen LogP contribution is -2.02. The highest BCUT2D eigenvalue weighted by Crippen LogP contribution is 2.26. The molecule has 0 bridgehead atoms. The summed E-state index contributed by atoms with van der Waals surface area (Å²) in [6, 6.07) is 10.2. The molecule has 106 valence electrons. The Balaban J connectivity index is 2.38. The van der Waals surface area contributed by atoms with Gasteiger partial charge in [-0.2, -0.15) is 15.8 Å². The molecule has 0 aliphatic heterocycles. The van der Waals surface area contributed by atoms with E-state index in [4.69, 9.17) is 27.4 Å². The Morgan fingerprint density at radius 1 is 1.23 bits per heavy atom. The second-order valence-electron chi connectivity index (χ2n) is 4.22. The summed E-state index contributed by atoms with van der Waals surface area (Å²) in [7, 11) is 0. The molecule has 1 heterocycles. The van der Waals surface area contributed by atoms with Crippen LogP contribution in [0.5, 0.6) is 0 Å². The van der Waals surface area contributed by atoms with Gasteiger partial charge in [-0.05, 0) is 25.1 Å². The summed E-state index contributed by atoms with van der Waals surface area (Å²) in [5, 5.41) is 29.8. The van der Waals surface area contributed by atoms with Crippen LogP contribution in [0.1, 0.15) is 5.82 Å². The lowest BCUT2D eigenvalue weighted by atomic mass is 10.2. The number of anilines is 1. The normalized spacial score (nSPS) is 9.23. The average Bonchev–Trinajstić information content (AvgIpc) is 2.93. The van der Waals surface area contributed by atoms with Crippen molar-refractivity contribution in [3.05, 3.63) is 52.7 Å². The third kappa shape index (κ3) is 2.91. The van der Waals surface area contributed by atoms with E-state index in [1.165, 1.54) is 0 Å². The van der Waals surface area contributed by atoms with E-state index in [2.05, 4.69) is 10.3 Å². The number of nitriles is 3. The van der Waals surface area contributed by atoms with Crippen LogP contribution in [0.3, 0.4) is 0 Å². The topological polar surface area (TPSA) is 101 Å². The largest absolute Gasteiger partial charge is 0.345 e. The highest BCUT2D eigenvalue weighted by Gasteiger charge is 2.09. The molecule has 2 aromatic rings. The molecule has 7 heteroatoms. The lowest BCUT2D eigenvalue weighted by molar-refractivity contribution is 0.975. The van der Waals surface area contributed by atoms with Crippen LogP contribution in [-0.2, 0) is 0 Å². The van der Waals surface area contributed by atoms with Gasteiger partial charge in [0.2, 0.25) is 0 Å². The third-order valence-corrected chi connectivity index (χ3v) is 3.19. The summed E-state index contributed by atoms with van der Waals surface area (Å²) >= 11 is 6.25. The van der Waals surface area contributed by atoms with Gasteiger partial charge in [0.15, 0.2) is 5.57 Å². The van der Waals surface area contributed by atoms with Crippen LogP contribution < -0.4 is 5.32 Å². The molecule has 0 radical (unpaired) electrons. The number of benzene rings is 1. The number of aromatic nitrogens is 2. The summed E-state index contributed by atoms with van der Waals surface area (Å²) in [6.07, 6.45) is 3.45. The van der Waals surface area contributed by atoms with Gasteiger partial charge in [-0.25, -0.2) is 4.98 Å². The predicted molar refractivity (Wildman–Crippen MR) is 80.8 cm³/mol. The van der Waals surface area contributed by atoms with Crippen LogP contribution >= 0.6 is 11.6 Å². The van der Waals surface area contributed by atoms with E-state index in [-0.39, 0.29) is 11.3 Å². The van der Waals surface area contributed by atoms with Crippen LogP contribution in [0.25, 0.3) is 5.69 Å². The molecule has 0 atom stereocenters. The minimum atomic E-state index is -0.284. The summed E-state index contributed by atoms with van der Waals surface area (Å²) in [5.74, 6) is 0.788. The third-order valence-electron chi connectivity index (χ3n) is 2.89. The quantitative estimate of drug-likeness (QED) is 0.878. The van der Waals surface area contributed by atoms with E-state index in [1.807, 2.05) is 11.5 Å². The van der Waals surface area contributed by atoms with E-state index < -0.39 is 0 Å². The molecule has 1 N–H and O–H groups in total. The number of hydrogen-bond acceptors (Lipinski definition) is 5. The maximum Gasteiger partial charge on any atom is 0.163 e. The van der Waals surface area contributed by atoms with Crippen LogP contribution in [0, 0.1) is 40.9 Å². The Morgan fingerprint density at radius 3 is 2.45 bits per heavy atom. The van der Waals surface area contributed by atoms with Crippen molar-refractivity contribution in [2.45, 2.75) is 6.92 Å². The van der Waals surface area contributed by atoms with Gasteiger partial charge in [0, 0.05) is 18.1 Å². The molecule has 6 nitrogen and oxygen atoms in total. The molecule has 0 unspecified atom stereocenters. The first-order chi connectivity index (χ1) is 10.6. The van der Waals surface area contributed by atoms with Gasteiger partial charge in [0.1, 0.15) is 29.7 Å². The van der Waals surface area contributed by atoms with E-state index >= 15 is 0 Å². The molecule has 1 aromatic carbocycles. The van der Waals surface area contributed by atoms with Gasteiger partial charge in [-0.1, -0.05) is 11.6 Å². The minimum absolute atomic E-state index is 0.118. The fourth-order valence-electron chi connectivity index (χ4n) is 1.84. The van der Waals surface area contributed by atoms with Gasteiger partial charge >= 0.3 is 0 Å². The zero-order chi connectivity index (χ0) is 16.1. The van der Waals surface area contributed by atoms with E-state index in [0.717, 1.165) is 11.5 Å². The van der Waals surface area contributed by atoms with Gasteiger partial charge < -0.3 is 9.88 Å². The number of nitrogens with zero attached hydrogens (tertiary/aromatic N) is 5. The molecule has 2 rings (SSSR count). The Morgan fingerprint density at radius 2 is 1.95 bits per heavy atom. The van der Waals surface area contributed by atoms with Gasteiger partial charge in [0.05, 0.1) is 10.7 Å². The summed E-state index contributed by atoms with van der Waals surface area (Å²) in [4.78, 5) is 4.13. The second-order valence-corrected chi connectivity index (χ2v) is 4.63. The zero-order valence-corrected chi connectivity index (χ0v) is 12.3. The molecule has 0 amide bonds. The SMILES string of the molecule is Cc1nccn1-c1ccc(NC(C#N)=C(C#N)C#N)cc1Cl. The summed E-state index contributed by atoms with van der Waals surface area (Å²) in [6.45, 7) is 1.85. The smallest absolute Gasteiger partial charge is 0.163 e. The van der Waals surface area contributed by atoms with Crippen molar-refractivity contribution in [3.8, 4) is 23.9 Å². The Labute approximate surface area is 132 Å². The molecule has 0 aliphatic carbocycles. The summed E-state index contributed by atoms with van der Waals surface area (Å²) in [5.41, 5.74) is 0.845. The van der Waals surface area contributed by atoms with Crippen molar-refractivity contribution in [1.82, 2.24) is 9.55 Å². The Kier molecular flexibility index (Phi) is 4.44. The maximum absolute atomic E-state index is 9.01. The van der Waals surface area contributed by atoms with Crippen molar-refractivity contribution in [2.75, 3.05) is 5.32 Å². The first-order valence-electron chi connectivity index (χ1n) is 6.12. The van der Waals surface area contributed by atoms with Crippen molar-refractivity contribution in [1.29, 1.82) is 15.8 Å². The molecule has 22 heavy (non-hydrogen) atoms. The molecular weight excluding hydrogens is 300 g/mol. The molecule has 1 aromatic heterocycles. The average molecular weight is 309 g/mol. The van der Waals surface area contributed by atoms with Crippen molar-refractivity contribution in [2.24, 2.45) is 0 Å². The molecule has 0 saturated carbocycles. The first-order valence-corrected chi connectivity index (χ1v) is 6.50. The second kappa shape index (κ2) is 6.45.